The van der Waals surface area contributed by atoms with Crippen molar-refractivity contribution in [3.05, 3.63) is 11.6 Å². The van der Waals surface area contributed by atoms with Gasteiger partial charge in [-0.25, -0.2) is 9.59 Å². The van der Waals surface area contributed by atoms with E-state index in [0.717, 1.165) is 19.3 Å². The fourth-order valence-electron chi connectivity index (χ4n) is 1.13. The second-order valence-corrected chi connectivity index (χ2v) is 2.84. The maximum atomic E-state index is 10.9. The zero-order valence-electron chi connectivity index (χ0n) is 7.13. The number of hydrogen-bond acceptors (Lipinski definition) is 3. The van der Waals surface area contributed by atoms with Crippen LogP contribution in [0.5, 0.6) is 0 Å². The highest BCUT2D eigenvalue weighted by Gasteiger charge is 2.22. The lowest BCUT2D eigenvalue weighted by Gasteiger charge is -1.96. The first-order valence-corrected chi connectivity index (χ1v) is 4.20. The Hall–Kier alpha value is -1.12. The van der Waals surface area contributed by atoms with Crippen molar-refractivity contribution in [1.82, 2.24) is 0 Å². The molecule has 12 heavy (non-hydrogen) atoms. The highest BCUT2D eigenvalue weighted by atomic mass is 16.6. The van der Waals surface area contributed by atoms with Crippen LogP contribution >= 0.6 is 0 Å². The number of rotatable bonds is 4. The third-order valence-electron chi connectivity index (χ3n) is 1.80. The molecule has 3 nitrogen and oxygen atoms in total. The first-order valence-electron chi connectivity index (χ1n) is 4.20. The van der Waals surface area contributed by atoms with Crippen LogP contribution < -0.4 is 0 Å². The molecule has 0 aliphatic carbocycles. The summed E-state index contributed by atoms with van der Waals surface area (Å²) < 4.78 is 4.33. The van der Waals surface area contributed by atoms with Gasteiger partial charge in [-0.05, 0) is 12.8 Å². The van der Waals surface area contributed by atoms with Crippen LogP contribution in [0.3, 0.4) is 0 Å². The van der Waals surface area contributed by atoms with Crippen molar-refractivity contribution < 1.29 is 14.3 Å². The number of esters is 2. The Balaban J connectivity index is 2.36. The van der Waals surface area contributed by atoms with E-state index in [1.54, 1.807) is 0 Å². The Morgan fingerprint density at radius 2 is 2.08 bits per heavy atom. The van der Waals surface area contributed by atoms with Gasteiger partial charge in [-0.3, -0.25) is 0 Å². The standard InChI is InChI=1S/C9H12O3/c1-2-3-4-5-7-6-8(10)12-9(7)11/h6H,2-5H2,1H3. The molecular formula is C9H12O3. The Morgan fingerprint density at radius 3 is 2.58 bits per heavy atom. The van der Waals surface area contributed by atoms with E-state index in [0.29, 0.717) is 12.0 Å². The van der Waals surface area contributed by atoms with Crippen molar-refractivity contribution in [3.8, 4) is 0 Å². The van der Waals surface area contributed by atoms with Gasteiger partial charge in [0.25, 0.3) is 0 Å². The predicted octanol–water partition coefficient (Wildman–Crippen LogP) is 1.58. The highest BCUT2D eigenvalue weighted by Crippen LogP contribution is 2.15. The molecule has 0 aromatic heterocycles. The lowest BCUT2D eigenvalue weighted by Crippen LogP contribution is -2.01. The molecule has 1 aliphatic heterocycles. The van der Waals surface area contributed by atoms with Gasteiger partial charge in [-0.1, -0.05) is 19.8 Å². The lowest BCUT2D eigenvalue weighted by atomic mass is 10.1. The predicted molar refractivity (Wildman–Crippen MR) is 43.3 cm³/mol. The van der Waals surface area contributed by atoms with Crippen LogP contribution in [0.2, 0.25) is 0 Å². The summed E-state index contributed by atoms with van der Waals surface area (Å²) in [5.41, 5.74) is 0.522. The van der Waals surface area contributed by atoms with Crippen molar-refractivity contribution >= 4 is 11.9 Å². The molecule has 0 spiro atoms. The van der Waals surface area contributed by atoms with Gasteiger partial charge in [0.2, 0.25) is 0 Å². The van der Waals surface area contributed by atoms with Crippen LogP contribution in [-0.4, -0.2) is 11.9 Å². The fraction of sp³-hybridized carbons (Fsp3) is 0.556. The number of unbranched alkanes of at least 4 members (excludes halogenated alkanes) is 2. The van der Waals surface area contributed by atoms with Gasteiger partial charge in [0.1, 0.15) is 0 Å². The Kier molecular flexibility index (Phi) is 3.02. The molecule has 0 amide bonds. The summed E-state index contributed by atoms with van der Waals surface area (Å²) in [5.74, 6) is -0.984. The molecule has 0 atom stereocenters. The second kappa shape index (κ2) is 4.04. The average Bonchev–Trinajstić information content (AvgIpc) is 2.31. The molecule has 0 bridgehead atoms. The quantitative estimate of drug-likeness (QED) is 0.363. The summed E-state index contributed by atoms with van der Waals surface area (Å²) >= 11 is 0. The monoisotopic (exact) mass is 168 g/mol. The molecule has 0 fully saturated rings. The van der Waals surface area contributed by atoms with Crippen molar-refractivity contribution in [2.24, 2.45) is 0 Å². The van der Waals surface area contributed by atoms with Crippen LogP contribution in [0.4, 0.5) is 0 Å². The van der Waals surface area contributed by atoms with E-state index >= 15 is 0 Å². The van der Waals surface area contributed by atoms with Crippen LogP contribution in [0.25, 0.3) is 0 Å². The first-order chi connectivity index (χ1) is 5.74. The first kappa shape index (κ1) is 8.97. The molecule has 0 radical (unpaired) electrons. The minimum Gasteiger partial charge on any atom is -0.386 e. The SMILES string of the molecule is CCCCCC1=CC(=O)OC1=O. The molecule has 0 unspecified atom stereocenters. The number of ether oxygens (including phenoxy) is 1. The maximum Gasteiger partial charge on any atom is 0.342 e. The zero-order chi connectivity index (χ0) is 8.97. The molecule has 3 heteroatoms. The van der Waals surface area contributed by atoms with Gasteiger partial charge in [0.05, 0.1) is 0 Å². The topological polar surface area (TPSA) is 43.4 Å². The van der Waals surface area contributed by atoms with E-state index < -0.39 is 11.9 Å². The van der Waals surface area contributed by atoms with E-state index in [4.69, 9.17) is 0 Å². The highest BCUT2D eigenvalue weighted by molar-refractivity contribution is 6.08. The van der Waals surface area contributed by atoms with Crippen molar-refractivity contribution in [2.45, 2.75) is 32.6 Å². The lowest BCUT2D eigenvalue weighted by molar-refractivity contribution is -0.150. The van der Waals surface area contributed by atoms with Crippen LogP contribution in [0.15, 0.2) is 11.6 Å². The third kappa shape index (κ3) is 2.19. The Morgan fingerprint density at radius 1 is 1.33 bits per heavy atom. The normalized spacial score (nSPS) is 16.2. The van der Waals surface area contributed by atoms with E-state index in [9.17, 15) is 9.59 Å². The average molecular weight is 168 g/mol. The summed E-state index contributed by atoms with van der Waals surface area (Å²) in [6, 6.07) is 0. The number of carbonyl (C=O) groups is 2. The molecular weight excluding hydrogens is 156 g/mol. The molecule has 0 aromatic rings. The minimum atomic E-state index is -0.522. The Labute approximate surface area is 71.4 Å². The van der Waals surface area contributed by atoms with Gasteiger partial charge >= 0.3 is 11.9 Å². The van der Waals surface area contributed by atoms with Gasteiger partial charge < -0.3 is 4.74 Å². The summed E-state index contributed by atoms with van der Waals surface area (Å²) in [6.07, 6.45) is 5.09. The smallest absolute Gasteiger partial charge is 0.342 e. The van der Waals surface area contributed by atoms with E-state index in [1.807, 2.05) is 0 Å². The van der Waals surface area contributed by atoms with Crippen molar-refractivity contribution in [3.63, 3.8) is 0 Å². The summed E-state index contributed by atoms with van der Waals surface area (Å²) in [5, 5.41) is 0. The summed E-state index contributed by atoms with van der Waals surface area (Å²) in [4.78, 5) is 21.4. The van der Waals surface area contributed by atoms with Crippen molar-refractivity contribution in [2.75, 3.05) is 0 Å². The van der Waals surface area contributed by atoms with Gasteiger partial charge in [-0.2, -0.15) is 0 Å². The maximum absolute atomic E-state index is 10.9. The van der Waals surface area contributed by atoms with Crippen LogP contribution in [-0.2, 0) is 14.3 Å². The zero-order valence-corrected chi connectivity index (χ0v) is 7.13. The molecule has 66 valence electrons. The fourth-order valence-corrected chi connectivity index (χ4v) is 1.13. The molecule has 0 N–H and O–H groups in total. The molecule has 0 saturated heterocycles. The summed E-state index contributed by atoms with van der Waals surface area (Å²) in [6.45, 7) is 2.09. The van der Waals surface area contributed by atoms with Gasteiger partial charge in [-0.15, -0.1) is 0 Å². The molecule has 0 saturated carbocycles. The van der Waals surface area contributed by atoms with Gasteiger partial charge in [0, 0.05) is 11.6 Å². The van der Waals surface area contributed by atoms with Crippen molar-refractivity contribution in [1.29, 1.82) is 0 Å². The summed E-state index contributed by atoms with van der Waals surface area (Å²) in [7, 11) is 0. The molecule has 1 rings (SSSR count). The molecule has 1 aliphatic rings. The number of cyclic esters (lactones) is 2. The largest absolute Gasteiger partial charge is 0.386 e. The number of carbonyl (C=O) groups excluding carboxylic acids is 2. The minimum absolute atomic E-state index is 0.462. The molecule has 0 aromatic carbocycles. The van der Waals surface area contributed by atoms with E-state index in [1.165, 1.54) is 6.08 Å². The van der Waals surface area contributed by atoms with Crippen LogP contribution in [0, 0.1) is 0 Å². The Bertz CT molecular complexity index is 228. The van der Waals surface area contributed by atoms with E-state index in [-0.39, 0.29) is 0 Å². The molecule has 1 heterocycles. The third-order valence-corrected chi connectivity index (χ3v) is 1.80. The van der Waals surface area contributed by atoms with Gasteiger partial charge in [0.15, 0.2) is 0 Å². The van der Waals surface area contributed by atoms with Crippen LogP contribution in [0.1, 0.15) is 32.6 Å². The van der Waals surface area contributed by atoms with E-state index in [2.05, 4.69) is 11.7 Å². The second-order valence-electron chi connectivity index (χ2n) is 2.84. The number of hydrogen-bond donors (Lipinski definition) is 0.